The van der Waals surface area contributed by atoms with Gasteiger partial charge in [-0.2, -0.15) is 0 Å². The van der Waals surface area contributed by atoms with Crippen LogP contribution in [0.1, 0.15) is 174 Å². The van der Waals surface area contributed by atoms with E-state index in [0.717, 1.165) is 44.9 Å². The quantitative estimate of drug-likeness (QED) is 0.0188. The molecule has 3 unspecified atom stereocenters. The predicted molar refractivity (Wildman–Crippen MR) is 235 cm³/mol. The Bertz CT molecular complexity index is 1080. The molecule has 3 N–H and O–H groups in total. The van der Waals surface area contributed by atoms with E-state index in [2.05, 4.69) is 67.8 Å². The molecule has 3 atom stereocenters. The number of phosphoric acid groups is 1. The maximum Gasteiger partial charge on any atom is 0.472 e. The summed E-state index contributed by atoms with van der Waals surface area (Å²) < 4.78 is 23.5. The fraction of sp³-hybridized carbons (Fsp3) is 0.761. The number of phosphoric ester groups is 1. The highest BCUT2D eigenvalue weighted by Gasteiger charge is 2.27. The van der Waals surface area contributed by atoms with Crippen LogP contribution in [-0.2, 0) is 18.4 Å². The van der Waals surface area contributed by atoms with Crippen molar-refractivity contribution in [3.8, 4) is 0 Å². The Hall–Kier alpha value is -1.80. The van der Waals surface area contributed by atoms with Crippen LogP contribution in [0.4, 0.5) is 0 Å². The Balaban J connectivity index is 4.47. The van der Waals surface area contributed by atoms with Crippen molar-refractivity contribution in [2.75, 3.05) is 40.9 Å². The second-order valence-electron chi connectivity index (χ2n) is 16.1. The number of quaternary nitrogens is 1. The van der Waals surface area contributed by atoms with Gasteiger partial charge in [0.2, 0.25) is 5.91 Å². The van der Waals surface area contributed by atoms with Gasteiger partial charge in [0, 0.05) is 6.42 Å². The summed E-state index contributed by atoms with van der Waals surface area (Å²) in [5.41, 5.74) is 0. The molecule has 320 valence electrons. The molecule has 55 heavy (non-hydrogen) atoms. The van der Waals surface area contributed by atoms with Crippen LogP contribution < -0.4 is 5.32 Å². The number of likely N-dealkylation sites (N-methyl/N-ethyl adjacent to an activating group) is 1. The fourth-order valence-electron chi connectivity index (χ4n) is 5.89. The van der Waals surface area contributed by atoms with Gasteiger partial charge in [-0.3, -0.25) is 13.8 Å². The van der Waals surface area contributed by atoms with E-state index >= 15 is 0 Å². The summed E-state index contributed by atoms with van der Waals surface area (Å²) in [6, 6.07) is -0.872. The van der Waals surface area contributed by atoms with Gasteiger partial charge in [-0.25, -0.2) is 4.57 Å². The molecule has 9 heteroatoms. The van der Waals surface area contributed by atoms with Gasteiger partial charge in [0.1, 0.15) is 13.2 Å². The number of carbonyl (C=O) groups excluding carboxylic acids is 1. The standard InChI is InChI=1S/C46H85N2O6P/c1-6-8-10-12-14-16-18-20-22-23-24-25-26-28-30-32-34-36-38-40-46(50)47-44(43-54-55(51,52)53-42-41-48(3,4)5)45(49)39-37-35-33-31-29-27-21-19-17-15-13-11-9-7-2/h14,16-20,29,31,37,39,44-45,49H,6-13,15,21-28,30,32-36,38,40-43H2,1-5H3,(H-,47,50,51,52)/p+1/b16-14-,19-17+,20-18-,31-29+,39-37+. The van der Waals surface area contributed by atoms with Crippen LogP contribution >= 0.6 is 7.82 Å². The Kier molecular flexibility index (Phi) is 36.5. The summed E-state index contributed by atoms with van der Waals surface area (Å²) in [5, 5.41) is 13.8. The van der Waals surface area contributed by atoms with Gasteiger partial charge in [-0.15, -0.1) is 0 Å². The van der Waals surface area contributed by atoms with Gasteiger partial charge < -0.3 is 19.8 Å². The summed E-state index contributed by atoms with van der Waals surface area (Å²) in [6.45, 7) is 4.71. The van der Waals surface area contributed by atoms with Crippen molar-refractivity contribution in [2.45, 2.75) is 187 Å². The first-order valence-corrected chi connectivity index (χ1v) is 23.7. The van der Waals surface area contributed by atoms with Crippen LogP contribution in [0.5, 0.6) is 0 Å². The maximum absolute atomic E-state index is 12.9. The van der Waals surface area contributed by atoms with Crippen LogP contribution in [-0.4, -0.2) is 73.4 Å². The first-order chi connectivity index (χ1) is 26.5. The van der Waals surface area contributed by atoms with Gasteiger partial charge in [-0.05, 0) is 70.6 Å². The molecule has 0 aromatic rings. The third kappa shape index (κ3) is 40.2. The van der Waals surface area contributed by atoms with Crippen molar-refractivity contribution in [3.63, 3.8) is 0 Å². The minimum absolute atomic E-state index is 0.0506. The highest BCUT2D eigenvalue weighted by atomic mass is 31.2. The van der Waals surface area contributed by atoms with E-state index in [1.165, 1.54) is 109 Å². The average molecular weight is 794 g/mol. The molecule has 0 fully saturated rings. The Morgan fingerprint density at radius 2 is 1.05 bits per heavy atom. The molecule has 0 heterocycles. The molecular weight excluding hydrogens is 707 g/mol. The van der Waals surface area contributed by atoms with Gasteiger partial charge >= 0.3 is 7.82 Å². The molecule has 0 bridgehead atoms. The van der Waals surface area contributed by atoms with Gasteiger partial charge in [0.05, 0.1) is 39.9 Å². The van der Waals surface area contributed by atoms with E-state index < -0.39 is 20.0 Å². The van der Waals surface area contributed by atoms with Crippen molar-refractivity contribution in [1.29, 1.82) is 0 Å². The number of amides is 1. The number of aliphatic hydroxyl groups excluding tert-OH is 1. The molecule has 0 radical (unpaired) electrons. The molecule has 0 rings (SSSR count). The lowest BCUT2D eigenvalue weighted by Gasteiger charge is -2.25. The van der Waals surface area contributed by atoms with Gasteiger partial charge in [0.15, 0.2) is 0 Å². The zero-order valence-corrected chi connectivity index (χ0v) is 37.0. The first-order valence-electron chi connectivity index (χ1n) is 22.2. The van der Waals surface area contributed by atoms with E-state index in [9.17, 15) is 19.4 Å². The Morgan fingerprint density at radius 1 is 0.618 bits per heavy atom. The lowest BCUT2D eigenvalue weighted by atomic mass is 10.0. The van der Waals surface area contributed by atoms with Crippen LogP contribution in [0.25, 0.3) is 0 Å². The van der Waals surface area contributed by atoms with Crippen molar-refractivity contribution in [3.05, 3.63) is 60.8 Å². The number of aliphatic hydroxyl groups is 1. The number of nitrogens with one attached hydrogen (secondary N) is 1. The van der Waals surface area contributed by atoms with Crippen LogP contribution in [0.3, 0.4) is 0 Å². The van der Waals surface area contributed by atoms with Gasteiger partial charge in [0.25, 0.3) is 0 Å². The number of allylic oxidation sites excluding steroid dienone is 9. The molecule has 0 spiro atoms. The fourth-order valence-corrected chi connectivity index (χ4v) is 6.62. The summed E-state index contributed by atoms with van der Waals surface area (Å²) in [7, 11) is 1.53. The number of unbranched alkanes of at least 4 members (excludes halogenated alkanes) is 19. The van der Waals surface area contributed by atoms with E-state index in [-0.39, 0.29) is 19.1 Å². The molecule has 0 aromatic carbocycles. The van der Waals surface area contributed by atoms with E-state index in [1.54, 1.807) is 6.08 Å². The van der Waals surface area contributed by atoms with E-state index in [4.69, 9.17) is 9.05 Å². The number of rotatable bonds is 39. The molecule has 1 amide bonds. The summed E-state index contributed by atoms with van der Waals surface area (Å²) in [6.07, 6.45) is 48.6. The highest BCUT2D eigenvalue weighted by Crippen LogP contribution is 2.43. The second-order valence-corrected chi connectivity index (χ2v) is 17.5. The van der Waals surface area contributed by atoms with Crippen molar-refractivity contribution < 1.29 is 32.9 Å². The molecular formula is C46H86N2O6P+. The molecule has 0 saturated carbocycles. The number of hydrogen-bond acceptors (Lipinski definition) is 5. The van der Waals surface area contributed by atoms with Crippen molar-refractivity contribution in [2.24, 2.45) is 0 Å². The van der Waals surface area contributed by atoms with E-state index in [1.807, 2.05) is 27.2 Å². The summed E-state index contributed by atoms with van der Waals surface area (Å²) >= 11 is 0. The lowest BCUT2D eigenvalue weighted by Crippen LogP contribution is -2.45. The Labute approximate surface area is 339 Å². The minimum atomic E-state index is -4.35. The lowest BCUT2D eigenvalue weighted by molar-refractivity contribution is -0.870. The van der Waals surface area contributed by atoms with Crippen LogP contribution in [0, 0.1) is 0 Å². The highest BCUT2D eigenvalue weighted by molar-refractivity contribution is 7.47. The molecule has 8 nitrogen and oxygen atoms in total. The smallest absolute Gasteiger partial charge is 0.387 e. The second kappa shape index (κ2) is 37.8. The third-order valence-corrected chi connectivity index (χ3v) is 10.4. The number of carbonyl (C=O) groups is 1. The van der Waals surface area contributed by atoms with Crippen molar-refractivity contribution >= 4 is 13.7 Å². The van der Waals surface area contributed by atoms with Crippen molar-refractivity contribution in [1.82, 2.24) is 5.32 Å². The number of hydrogen-bond donors (Lipinski definition) is 3. The largest absolute Gasteiger partial charge is 0.472 e. The Morgan fingerprint density at radius 3 is 1.60 bits per heavy atom. The maximum atomic E-state index is 12.9. The first kappa shape index (κ1) is 53.2. The molecule has 0 saturated heterocycles. The zero-order valence-electron chi connectivity index (χ0n) is 36.1. The van der Waals surface area contributed by atoms with Crippen LogP contribution in [0.2, 0.25) is 0 Å². The zero-order chi connectivity index (χ0) is 40.7. The molecule has 0 aromatic heterocycles. The van der Waals surface area contributed by atoms with E-state index in [0.29, 0.717) is 17.4 Å². The topological polar surface area (TPSA) is 105 Å². The normalized spacial score (nSPS) is 15.0. The SMILES string of the molecule is CCCCC/C=C\C=C/CCCCCCCCCCCCC(=O)NC(COP(=O)(O)OCC[N+](C)(C)C)C(O)/C=C/CC/C=C/CC/C=C/CCCCCC. The summed E-state index contributed by atoms with van der Waals surface area (Å²) in [5.74, 6) is -0.199. The number of nitrogens with zero attached hydrogens (tertiary/aromatic N) is 1. The average Bonchev–Trinajstić information content (AvgIpc) is 3.13. The monoisotopic (exact) mass is 794 g/mol. The minimum Gasteiger partial charge on any atom is -0.387 e. The molecule has 0 aliphatic carbocycles. The summed E-state index contributed by atoms with van der Waals surface area (Å²) in [4.78, 5) is 23.1. The molecule has 0 aliphatic rings. The van der Waals surface area contributed by atoms with Crippen LogP contribution in [0.15, 0.2) is 60.8 Å². The third-order valence-electron chi connectivity index (χ3n) is 9.47. The molecule has 0 aliphatic heterocycles. The predicted octanol–water partition coefficient (Wildman–Crippen LogP) is 12.2. The van der Waals surface area contributed by atoms with Gasteiger partial charge in [-0.1, -0.05) is 158 Å².